The number of hydrogen-bond donors (Lipinski definition) is 0. The lowest BCUT2D eigenvalue weighted by Crippen LogP contribution is -2.48. The number of nitrogens with zero attached hydrogens (tertiary/aromatic N) is 2. The third-order valence-electron chi connectivity index (χ3n) is 4.91. The Morgan fingerprint density at radius 2 is 1.83 bits per heavy atom. The molecule has 0 bridgehead atoms. The number of rotatable bonds is 7. The molecule has 3 heterocycles. The maximum Gasteiger partial charge on any atom is 0.289 e. The van der Waals surface area contributed by atoms with Crippen molar-refractivity contribution in [2.75, 3.05) is 33.3 Å². The molecule has 152 valence electrons. The van der Waals surface area contributed by atoms with Crippen molar-refractivity contribution in [3.63, 3.8) is 0 Å². The van der Waals surface area contributed by atoms with Crippen LogP contribution in [-0.2, 0) is 13.2 Å². The van der Waals surface area contributed by atoms with Gasteiger partial charge in [-0.1, -0.05) is 6.07 Å². The van der Waals surface area contributed by atoms with Gasteiger partial charge in [-0.2, -0.15) is 0 Å². The molecular weight excluding hydrogens is 372 g/mol. The lowest BCUT2D eigenvalue weighted by atomic mass is 10.2. The summed E-state index contributed by atoms with van der Waals surface area (Å²) in [5.74, 6) is 3.21. The first-order valence-electron chi connectivity index (χ1n) is 9.61. The highest BCUT2D eigenvalue weighted by Gasteiger charge is 2.24. The maximum atomic E-state index is 12.7. The molecule has 0 saturated carbocycles. The Bertz CT molecular complexity index is 926. The van der Waals surface area contributed by atoms with E-state index in [9.17, 15) is 4.79 Å². The molecule has 1 aliphatic rings. The summed E-state index contributed by atoms with van der Waals surface area (Å²) < 4.78 is 22.0. The summed E-state index contributed by atoms with van der Waals surface area (Å²) in [6, 6.07) is 14.7. The van der Waals surface area contributed by atoms with E-state index in [0.29, 0.717) is 30.4 Å². The quantitative estimate of drug-likeness (QED) is 0.610. The molecule has 0 spiro atoms. The highest BCUT2D eigenvalue weighted by atomic mass is 16.5. The molecule has 7 heteroatoms. The predicted molar refractivity (Wildman–Crippen MR) is 106 cm³/mol. The van der Waals surface area contributed by atoms with Gasteiger partial charge >= 0.3 is 0 Å². The highest BCUT2D eigenvalue weighted by Crippen LogP contribution is 2.21. The zero-order valence-electron chi connectivity index (χ0n) is 16.4. The SMILES string of the molecule is COc1cccc(OCc2ccc(C(=O)N3CCN(Cc4ccco4)CC3)o2)c1. The number of ether oxygens (including phenoxy) is 2. The molecule has 2 aromatic heterocycles. The fourth-order valence-corrected chi connectivity index (χ4v) is 3.30. The van der Waals surface area contributed by atoms with Gasteiger partial charge in [-0.3, -0.25) is 9.69 Å². The average molecular weight is 396 g/mol. The Morgan fingerprint density at radius 3 is 2.59 bits per heavy atom. The van der Waals surface area contributed by atoms with Gasteiger partial charge in [0.05, 0.1) is 19.9 Å². The highest BCUT2D eigenvalue weighted by molar-refractivity contribution is 5.91. The summed E-state index contributed by atoms with van der Waals surface area (Å²) in [5, 5.41) is 0. The van der Waals surface area contributed by atoms with E-state index < -0.39 is 0 Å². The van der Waals surface area contributed by atoms with Crippen molar-refractivity contribution in [2.45, 2.75) is 13.2 Å². The zero-order valence-corrected chi connectivity index (χ0v) is 16.4. The molecule has 0 aliphatic carbocycles. The fraction of sp³-hybridized carbons (Fsp3) is 0.318. The number of piperazine rings is 1. The van der Waals surface area contributed by atoms with Gasteiger partial charge in [0.2, 0.25) is 0 Å². The van der Waals surface area contributed by atoms with Gasteiger partial charge < -0.3 is 23.2 Å². The topological polar surface area (TPSA) is 68.3 Å². The van der Waals surface area contributed by atoms with Crippen molar-refractivity contribution < 1.29 is 23.1 Å². The van der Waals surface area contributed by atoms with Crippen LogP contribution in [-0.4, -0.2) is 49.0 Å². The molecule has 0 unspecified atom stereocenters. The van der Waals surface area contributed by atoms with Gasteiger partial charge in [0.1, 0.15) is 29.6 Å². The summed E-state index contributed by atoms with van der Waals surface area (Å²) in [5.41, 5.74) is 0. The molecule has 7 nitrogen and oxygen atoms in total. The van der Waals surface area contributed by atoms with Crippen LogP contribution in [0.3, 0.4) is 0 Å². The minimum absolute atomic E-state index is 0.0877. The van der Waals surface area contributed by atoms with E-state index in [1.807, 2.05) is 35.2 Å². The first kappa shape index (κ1) is 19.1. The summed E-state index contributed by atoms with van der Waals surface area (Å²) in [4.78, 5) is 16.8. The molecule has 1 amide bonds. The number of methoxy groups -OCH3 is 1. The number of furan rings is 2. The van der Waals surface area contributed by atoms with Crippen molar-refractivity contribution in [2.24, 2.45) is 0 Å². The van der Waals surface area contributed by atoms with Crippen LogP contribution >= 0.6 is 0 Å². The smallest absolute Gasteiger partial charge is 0.289 e. The third kappa shape index (κ3) is 4.81. The number of carbonyl (C=O) groups excluding carboxylic acids is 1. The Kier molecular flexibility index (Phi) is 5.86. The van der Waals surface area contributed by atoms with Crippen LogP contribution in [0.1, 0.15) is 22.1 Å². The second-order valence-electron chi connectivity index (χ2n) is 6.88. The van der Waals surface area contributed by atoms with Gasteiger partial charge in [-0.15, -0.1) is 0 Å². The second-order valence-corrected chi connectivity index (χ2v) is 6.88. The summed E-state index contributed by atoms with van der Waals surface area (Å²) in [6.45, 7) is 3.95. The number of hydrogen-bond acceptors (Lipinski definition) is 6. The van der Waals surface area contributed by atoms with Gasteiger partial charge in [-0.05, 0) is 36.4 Å². The molecule has 4 rings (SSSR count). The second kappa shape index (κ2) is 8.87. The van der Waals surface area contributed by atoms with Crippen LogP contribution in [0.5, 0.6) is 11.5 Å². The van der Waals surface area contributed by atoms with E-state index in [2.05, 4.69) is 4.90 Å². The van der Waals surface area contributed by atoms with E-state index >= 15 is 0 Å². The molecule has 0 N–H and O–H groups in total. The first-order chi connectivity index (χ1) is 14.2. The summed E-state index contributed by atoms with van der Waals surface area (Å²) in [6.07, 6.45) is 1.68. The average Bonchev–Trinajstić information content (AvgIpc) is 3.45. The summed E-state index contributed by atoms with van der Waals surface area (Å²) >= 11 is 0. The number of carbonyl (C=O) groups is 1. The molecule has 1 saturated heterocycles. The molecule has 3 aromatic rings. The molecule has 1 aromatic carbocycles. The minimum Gasteiger partial charge on any atom is -0.497 e. The minimum atomic E-state index is -0.0877. The lowest BCUT2D eigenvalue weighted by molar-refractivity contribution is 0.0586. The lowest BCUT2D eigenvalue weighted by Gasteiger charge is -2.33. The van der Waals surface area contributed by atoms with Crippen molar-refractivity contribution in [3.8, 4) is 11.5 Å². The largest absolute Gasteiger partial charge is 0.497 e. The van der Waals surface area contributed by atoms with Crippen molar-refractivity contribution in [3.05, 3.63) is 72.1 Å². The molecule has 1 fully saturated rings. The molecule has 29 heavy (non-hydrogen) atoms. The van der Waals surface area contributed by atoms with Crippen LogP contribution < -0.4 is 9.47 Å². The Morgan fingerprint density at radius 1 is 1.00 bits per heavy atom. The normalized spacial score (nSPS) is 14.7. The molecule has 1 aliphatic heterocycles. The summed E-state index contributed by atoms with van der Waals surface area (Å²) in [7, 11) is 1.61. The van der Waals surface area contributed by atoms with E-state index in [4.69, 9.17) is 18.3 Å². The number of benzene rings is 1. The van der Waals surface area contributed by atoms with E-state index in [0.717, 1.165) is 31.1 Å². The Labute approximate surface area is 169 Å². The first-order valence-corrected chi connectivity index (χ1v) is 9.61. The monoisotopic (exact) mass is 396 g/mol. The molecule has 0 radical (unpaired) electrons. The van der Waals surface area contributed by atoms with E-state index in [1.165, 1.54) is 0 Å². The predicted octanol–water partition coefficient (Wildman–Crippen LogP) is 3.42. The Hall–Kier alpha value is -3.19. The van der Waals surface area contributed by atoms with Gasteiger partial charge in [0, 0.05) is 32.2 Å². The van der Waals surface area contributed by atoms with Gasteiger partial charge in [0.25, 0.3) is 5.91 Å². The van der Waals surface area contributed by atoms with Crippen LogP contribution in [0.25, 0.3) is 0 Å². The standard InChI is InChI=1S/C22H24N2O5/c1-26-17-4-2-5-18(14-17)28-16-20-7-8-21(29-20)22(25)24-11-9-23(10-12-24)15-19-6-3-13-27-19/h2-8,13-14H,9-12,15-16H2,1H3. The van der Waals surface area contributed by atoms with Crippen LogP contribution in [0.4, 0.5) is 0 Å². The van der Waals surface area contributed by atoms with Gasteiger partial charge in [-0.25, -0.2) is 0 Å². The van der Waals surface area contributed by atoms with Crippen molar-refractivity contribution >= 4 is 5.91 Å². The van der Waals surface area contributed by atoms with Crippen molar-refractivity contribution in [1.29, 1.82) is 0 Å². The van der Waals surface area contributed by atoms with Crippen LogP contribution in [0.15, 0.2) is 63.6 Å². The van der Waals surface area contributed by atoms with E-state index in [-0.39, 0.29) is 12.5 Å². The maximum absolute atomic E-state index is 12.7. The van der Waals surface area contributed by atoms with Crippen LogP contribution in [0.2, 0.25) is 0 Å². The van der Waals surface area contributed by atoms with E-state index in [1.54, 1.807) is 31.6 Å². The van der Waals surface area contributed by atoms with Crippen molar-refractivity contribution in [1.82, 2.24) is 9.80 Å². The third-order valence-corrected chi connectivity index (χ3v) is 4.91. The molecule has 0 atom stereocenters. The molecular formula is C22H24N2O5. The van der Waals surface area contributed by atoms with Crippen LogP contribution in [0, 0.1) is 0 Å². The zero-order chi connectivity index (χ0) is 20.1. The van der Waals surface area contributed by atoms with Gasteiger partial charge in [0.15, 0.2) is 5.76 Å². The number of amides is 1. The Balaban J connectivity index is 1.28. The fourth-order valence-electron chi connectivity index (χ4n) is 3.30.